The van der Waals surface area contributed by atoms with Crippen molar-refractivity contribution in [1.29, 1.82) is 0 Å². The minimum absolute atomic E-state index is 0.299. The lowest BCUT2D eigenvalue weighted by atomic mass is 10.1. The van der Waals surface area contributed by atoms with Gasteiger partial charge in [-0.1, -0.05) is 43.7 Å². The summed E-state index contributed by atoms with van der Waals surface area (Å²) in [6.07, 6.45) is -2.76. The molecule has 18 heavy (non-hydrogen) atoms. The third-order valence-corrected chi connectivity index (χ3v) is 2.58. The number of rotatable bonds is 7. The lowest BCUT2D eigenvalue weighted by molar-refractivity contribution is -0.0251. The van der Waals surface area contributed by atoms with Gasteiger partial charge in [0.25, 0.3) is 6.43 Å². The van der Waals surface area contributed by atoms with Crippen LogP contribution in [0.3, 0.4) is 0 Å². The summed E-state index contributed by atoms with van der Waals surface area (Å²) in [6, 6.07) is 8.07. The molecule has 0 heterocycles. The molecule has 1 aromatic rings. The molecule has 2 nitrogen and oxygen atoms in total. The Kier molecular flexibility index (Phi) is 6.22. The predicted octanol–water partition coefficient (Wildman–Crippen LogP) is 3.32. The van der Waals surface area contributed by atoms with E-state index in [2.05, 4.69) is 5.32 Å². The van der Waals surface area contributed by atoms with E-state index in [9.17, 15) is 8.78 Å². The number of ether oxygens (including phenoxy) is 1. The predicted molar refractivity (Wildman–Crippen MR) is 69.0 cm³/mol. The van der Waals surface area contributed by atoms with Crippen molar-refractivity contribution in [3.05, 3.63) is 35.4 Å². The summed E-state index contributed by atoms with van der Waals surface area (Å²) in [5, 5.41) is 3.21. The number of aryl methyl sites for hydroxylation is 1. The van der Waals surface area contributed by atoms with Crippen LogP contribution in [0.4, 0.5) is 8.78 Å². The Hall–Kier alpha value is -1.00. The second kappa shape index (κ2) is 7.44. The van der Waals surface area contributed by atoms with Gasteiger partial charge < -0.3 is 10.1 Å². The Labute approximate surface area is 107 Å². The van der Waals surface area contributed by atoms with Crippen LogP contribution in [-0.4, -0.2) is 25.6 Å². The summed E-state index contributed by atoms with van der Waals surface area (Å²) in [7, 11) is 0. The molecule has 1 unspecified atom stereocenters. The first-order chi connectivity index (χ1) is 8.49. The Bertz CT molecular complexity index is 326. The zero-order valence-electron chi connectivity index (χ0n) is 11.1. The molecule has 1 N–H and O–H groups in total. The molecule has 0 bridgehead atoms. The Balaban J connectivity index is 2.66. The normalized spacial score (nSPS) is 13.3. The molecule has 0 aromatic heterocycles. The second-order valence-electron chi connectivity index (χ2n) is 4.69. The lowest BCUT2D eigenvalue weighted by Gasteiger charge is -2.20. The van der Waals surface area contributed by atoms with Gasteiger partial charge in [0.15, 0.2) is 0 Å². The zero-order chi connectivity index (χ0) is 13.5. The van der Waals surface area contributed by atoms with Crippen LogP contribution in [0, 0.1) is 6.92 Å². The monoisotopic (exact) mass is 257 g/mol. The molecule has 0 aliphatic rings. The minimum atomic E-state index is -2.43. The van der Waals surface area contributed by atoms with Gasteiger partial charge >= 0.3 is 0 Å². The Morgan fingerprint density at radius 3 is 2.28 bits per heavy atom. The smallest absolute Gasteiger partial charge is 0.261 e. The molecular weight excluding hydrogens is 236 g/mol. The van der Waals surface area contributed by atoms with Crippen LogP contribution < -0.4 is 5.32 Å². The maximum Gasteiger partial charge on any atom is 0.261 e. The maximum atomic E-state index is 12.2. The van der Waals surface area contributed by atoms with Gasteiger partial charge in [0.05, 0.1) is 6.10 Å². The largest absolute Gasteiger partial charge is 0.366 e. The highest BCUT2D eigenvalue weighted by molar-refractivity contribution is 5.23. The van der Waals surface area contributed by atoms with Crippen molar-refractivity contribution < 1.29 is 13.5 Å². The average Bonchev–Trinajstić information content (AvgIpc) is 2.30. The van der Waals surface area contributed by atoms with Crippen LogP contribution in [0.1, 0.15) is 31.1 Å². The molecule has 0 saturated heterocycles. The highest BCUT2D eigenvalue weighted by atomic mass is 19.3. The fourth-order valence-electron chi connectivity index (χ4n) is 1.59. The van der Waals surface area contributed by atoms with Crippen LogP contribution >= 0.6 is 0 Å². The first-order valence-electron chi connectivity index (χ1n) is 6.18. The molecule has 0 spiro atoms. The fourth-order valence-corrected chi connectivity index (χ4v) is 1.59. The van der Waals surface area contributed by atoms with Crippen molar-refractivity contribution in [2.45, 2.75) is 39.3 Å². The summed E-state index contributed by atoms with van der Waals surface area (Å²) >= 11 is 0. The van der Waals surface area contributed by atoms with Gasteiger partial charge in [-0.3, -0.25) is 0 Å². The molecule has 4 heteroatoms. The third kappa shape index (κ3) is 5.56. The molecule has 1 rings (SSSR count). The number of nitrogens with one attached hydrogen (secondary N) is 1. The third-order valence-electron chi connectivity index (χ3n) is 2.58. The molecule has 0 saturated carbocycles. The number of hydrogen-bond acceptors (Lipinski definition) is 2. The summed E-state index contributed by atoms with van der Waals surface area (Å²) in [4.78, 5) is 0. The van der Waals surface area contributed by atoms with Crippen molar-refractivity contribution in [2.75, 3.05) is 13.2 Å². The number of alkyl halides is 2. The van der Waals surface area contributed by atoms with Crippen LogP contribution in [0.5, 0.6) is 0 Å². The SMILES string of the molecule is Cc1ccc(C(CNC(C)C)OCC(F)F)cc1. The molecule has 0 aliphatic heterocycles. The van der Waals surface area contributed by atoms with Crippen LogP contribution in [0.2, 0.25) is 0 Å². The van der Waals surface area contributed by atoms with E-state index in [1.165, 1.54) is 0 Å². The summed E-state index contributed by atoms with van der Waals surface area (Å²) in [6.45, 7) is 6.02. The van der Waals surface area contributed by atoms with Crippen molar-refractivity contribution in [1.82, 2.24) is 5.32 Å². The lowest BCUT2D eigenvalue weighted by Crippen LogP contribution is -2.30. The van der Waals surface area contributed by atoms with Gasteiger partial charge in [0, 0.05) is 12.6 Å². The average molecular weight is 257 g/mol. The van der Waals surface area contributed by atoms with Gasteiger partial charge in [0.1, 0.15) is 6.61 Å². The quantitative estimate of drug-likeness (QED) is 0.809. The van der Waals surface area contributed by atoms with E-state index < -0.39 is 13.0 Å². The van der Waals surface area contributed by atoms with Gasteiger partial charge in [-0.25, -0.2) is 8.78 Å². The van der Waals surface area contributed by atoms with E-state index in [0.29, 0.717) is 12.6 Å². The number of hydrogen-bond donors (Lipinski definition) is 1. The van der Waals surface area contributed by atoms with Gasteiger partial charge in [0.2, 0.25) is 0 Å². The van der Waals surface area contributed by atoms with E-state index >= 15 is 0 Å². The first-order valence-corrected chi connectivity index (χ1v) is 6.18. The summed E-state index contributed by atoms with van der Waals surface area (Å²) in [5.41, 5.74) is 2.07. The van der Waals surface area contributed by atoms with Gasteiger partial charge in [-0.15, -0.1) is 0 Å². The van der Waals surface area contributed by atoms with E-state index in [1.807, 2.05) is 45.0 Å². The molecule has 0 fully saturated rings. The zero-order valence-corrected chi connectivity index (χ0v) is 11.1. The fraction of sp³-hybridized carbons (Fsp3) is 0.571. The molecule has 0 aliphatic carbocycles. The highest BCUT2D eigenvalue weighted by Crippen LogP contribution is 2.18. The topological polar surface area (TPSA) is 21.3 Å². The summed E-state index contributed by atoms with van der Waals surface area (Å²) in [5.74, 6) is 0. The van der Waals surface area contributed by atoms with Crippen molar-refractivity contribution in [3.8, 4) is 0 Å². The van der Waals surface area contributed by atoms with E-state index in [0.717, 1.165) is 11.1 Å². The number of benzene rings is 1. The molecule has 0 amide bonds. The van der Waals surface area contributed by atoms with E-state index in [-0.39, 0.29) is 6.10 Å². The molecule has 102 valence electrons. The summed E-state index contributed by atoms with van der Waals surface area (Å²) < 4.78 is 29.7. The van der Waals surface area contributed by atoms with E-state index in [4.69, 9.17) is 4.74 Å². The Morgan fingerprint density at radius 1 is 1.17 bits per heavy atom. The van der Waals surface area contributed by atoms with Crippen LogP contribution in [-0.2, 0) is 4.74 Å². The van der Waals surface area contributed by atoms with Crippen molar-refractivity contribution in [2.24, 2.45) is 0 Å². The van der Waals surface area contributed by atoms with Crippen molar-refractivity contribution in [3.63, 3.8) is 0 Å². The van der Waals surface area contributed by atoms with E-state index in [1.54, 1.807) is 0 Å². The maximum absolute atomic E-state index is 12.2. The molecular formula is C14H21F2NO. The highest BCUT2D eigenvalue weighted by Gasteiger charge is 2.15. The van der Waals surface area contributed by atoms with Gasteiger partial charge in [-0.05, 0) is 12.5 Å². The Morgan fingerprint density at radius 2 is 1.78 bits per heavy atom. The first kappa shape index (κ1) is 15.1. The number of halogens is 2. The minimum Gasteiger partial charge on any atom is -0.366 e. The van der Waals surface area contributed by atoms with Gasteiger partial charge in [-0.2, -0.15) is 0 Å². The molecule has 0 radical (unpaired) electrons. The van der Waals surface area contributed by atoms with Crippen molar-refractivity contribution >= 4 is 0 Å². The van der Waals surface area contributed by atoms with Crippen LogP contribution in [0.25, 0.3) is 0 Å². The molecule has 1 atom stereocenters. The van der Waals surface area contributed by atoms with Crippen LogP contribution in [0.15, 0.2) is 24.3 Å². The standard InChI is InChI=1S/C14H21F2NO/c1-10(2)17-8-13(18-9-14(15)16)12-6-4-11(3)5-7-12/h4-7,10,13-14,17H,8-9H2,1-3H3. The second-order valence-corrected chi connectivity index (χ2v) is 4.69. The molecule has 1 aromatic carbocycles.